The van der Waals surface area contributed by atoms with Crippen molar-refractivity contribution in [1.82, 2.24) is 9.80 Å². The molecule has 0 N–H and O–H groups in total. The van der Waals surface area contributed by atoms with Crippen molar-refractivity contribution in [3.8, 4) is 0 Å². The molecule has 0 atom stereocenters. The van der Waals surface area contributed by atoms with Gasteiger partial charge in [0.15, 0.2) is 0 Å². The van der Waals surface area contributed by atoms with Crippen molar-refractivity contribution >= 4 is 11.8 Å². The van der Waals surface area contributed by atoms with Gasteiger partial charge in [-0.2, -0.15) is 0 Å². The van der Waals surface area contributed by atoms with Gasteiger partial charge in [0.1, 0.15) is 6.54 Å². The molecular weight excluding hydrogens is 288 g/mol. The summed E-state index contributed by atoms with van der Waals surface area (Å²) in [5, 5.41) is 0. The number of hydrogen-bond donors (Lipinski definition) is 0. The SMILES string of the molecule is O=C(c1ccccc1)N1CC(=O)N2CCC3=CC=CCC3=C2C1. The van der Waals surface area contributed by atoms with Crippen LogP contribution >= 0.6 is 0 Å². The highest BCUT2D eigenvalue weighted by Crippen LogP contribution is 2.34. The highest BCUT2D eigenvalue weighted by molar-refractivity contribution is 5.97. The van der Waals surface area contributed by atoms with Crippen molar-refractivity contribution in [3.05, 3.63) is 71.0 Å². The van der Waals surface area contributed by atoms with Gasteiger partial charge < -0.3 is 9.80 Å². The van der Waals surface area contributed by atoms with Crippen LogP contribution in [0, 0.1) is 0 Å². The normalized spacial score (nSPS) is 20.2. The highest BCUT2D eigenvalue weighted by Gasteiger charge is 2.35. The van der Waals surface area contributed by atoms with Gasteiger partial charge in [-0.3, -0.25) is 9.59 Å². The van der Waals surface area contributed by atoms with Gasteiger partial charge in [-0.15, -0.1) is 0 Å². The van der Waals surface area contributed by atoms with Gasteiger partial charge >= 0.3 is 0 Å². The van der Waals surface area contributed by atoms with E-state index in [9.17, 15) is 9.59 Å². The number of piperazine rings is 1. The van der Waals surface area contributed by atoms with Crippen LogP contribution < -0.4 is 0 Å². The molecule has 4 rings (SSSR count). The molecule has 4 nitrogen and oxygen atoms in total. The number of nitrogens with zero attached hydrogens (tertiary/aromatic N) is 2. The Morgan fingerprint density at radius 3 is 2.74 bits per heavy atom. The van der Waals surface area contributed by atoms with Crippen molar-refractivity contribution in [2.75, 3.05) is 19.6 Å². The van der Waals surface area contributed by atoms with E-state index in [1.165, 1.54) is 11.1 Å². The summed E-state index contributed by atoms with van der Waals surface area (Å²) in [7, 11) is 0. The number of hydrogen-bond acceptors (Lipinski definition) is 2. The Morgan fingerprint density at radius 1 is 1.09 bits per heavy atom. The largest absolute Gasteiger partial charge is 0.323 e. The van der Waals surface area contributed by atoms with Crippen LogP contribution in [0.4, 0.5) is 0 Å². The zero-order valence-corrected chi connectivity index (χ0v) is 12.9. The van der Waals surface area contributed by atoms with Crippen LogP contribution in [-0.2, 0) is 4.79 Å². The van der Waals surface area contributed by atoms with E-state index >= 15 is 0 Å². The average Bonchev–Trinajstić information content (AvgIpc) is 2.61. The molecule has 116 valence electrons. The lowest BCUT2D eigenvalue weighted by Gasteiger charge is -2.41. The number of fused-ring (bicyclic) bond motifs is 2. The molecule has 0 bridgehead atoms. The Balaban J connectivity index is 1.67. The minimum absolute atomic E-state index is 0.0247. The molecule has 0 saturated carbocycles. The van der Waals surface area contributed by atoms with Gasteiger partial charge in [0.25, 0.3) is 5.91 Å². The van der Waals surface area contributed by atoms with E-state index in [1.807, 2.05) is 23.1 Å². The summed E-state index contributed by atoms with van der Waals surface area (Å²) in [6.45, 7) is 1.41. The maximum absolute atomic E-state index is 12.7. The number of carbonyl (C=O) groups excluding carboxylic acids is 2. The second-order valence-corrected chi connectivity index (χ2v) is 6.07. The quantitative estimate of drug-likeness (QED) is 0.800. The van der Waals surface area contributed by atoms with E-state index in [0.717, 1.165) is 25.1 Å². The Labute approximate surface area is 135 Å². The van der Waals surface area contributed by atoms with Gasteiger partial charge in [-0.05, 0) is 36.1 Å². The molecule has 23 heavy (non-hydrogen) atoms. The standard InChI is InChI=1S/C19H18N2O2/c22-18-13-20(19(23)15-7-2-1-3-8-15)12-17-16-9-5-4-6-14(16)10-11-21(17)18/h1-8H,9-13H2. The molecule has 2 aliphatic heterocycles. The molecule has 1 aromatic rings. The number of benzene rings is 1. The lowest BCUT2D eigenvalue weighted by molar-refractivity contribution is -0.132. The molecule has 3 aliphatic rings. The molecule has 2 heterocycles. The van der Waals surface area contributed by atoms with Crippen molar-refractivity contribution in [2.24, 2.45) is 0 Å². The summed E-state index contributed by atoms with van der Waals surface area (Å²) in [5.41, 5.74) is 4.17. The maximum atomic E-state index is 12.7. The summed E-state index contributed by atoms with van der Waals surface area (Å²) in [5.74, 6) is -0.0502. The fourth-order valence-corrected chi connectivity index (χ4v) is 3.52. The van der Waals surface area contributed by atoms with Crippen molar-refractivity contribution in [1.29, 1.82) is 0 Å². The summed E-state index contributed by atoms with van der Waals surface area (Å²) >= 11 is 0. The van der Waals surface area contributed by atoms with Crippen molar-refractivity contribution < 1.29 is 9.59 Å². The topological polar surface area (TPSA) is 40.6 Å². The Bertz CT molecular complexity index is 759. The summed E-state index contributed by atoms with van der Waals surface area (Å²) in [6.07, 6.45) is 8.07. The first kappa shape index (κ1) is 14.0. The molecule has 1 aromatic carbocycles. The highest BCUT2D eigenvalue weighted by atomic mass is 16.2. The van der Waals surface area contributed by atoms with Crippen LogP contribution in [0.1, 0.15) is 23.2 Å². The third kappa shape index (κ3) is 2.40. The zero-order chi connectivity index (χ0) is 15.8. The van der Waals surface area contributed by atoms with Gasteiger partial charge in [0, 0.05) is 17.8 Å². The van der Waals surface area contributed by atoms with E-state index < -0.39 is 0 Å². The smallest absolute Gasteiger partial charge is 0.254 e. The minimum Gasteiger partial charge on any atom is -0.323 e. The maximum Gasteiger partial charge on any atom is 0.254 e. The van der Waals surface area contributed by atoms with Gasteiger partial charge in [-0.25, -0.2) is 0 Å². The molecule has 1 saturated heterocycles. The summed E-state index contributed by atoms with van der Waals surface area (Å²) in [6, 6.07) is 9.18. The second-order valence-electron chi connectivity index (χ2n) is 6.07. The molecule has 0 unspecified atom stereocenters. The Hall–Kier alpha value is -2.62. The van der Waals surface area contributed by atoms with E-state index in [2.05, 4.69) is 18.2 Å². The summed E-state index contributed by atoms with van der Waals surface area (Å²) < 4.78 is 0. The molecule has 1 fully saturated rings. The molecule has 1 aliphatic carbocycles. The predicted octanol–water partition coefficient (Wildman–Crippen LogP) is 2.52. The zero-order valence-electron chi connectivity index (χ0n) is 12.9. The van der Waals surface area contributed by atoms with Crippen LogP contribution in [0.5, 0.6) is 0 Å². The van der Waals surface area contributed by atoms with Crippen molar-refractivity contribution in [3.63, 3.8) is 0 Å². The first-order valence-electron chi connectivity index (χ1n) is 7.97. The fraction of sp³-hybridized carbons (Fsp3) is 0.263. The van der Waals surface area contributed by atoms with Crippen LogP contribution in [0.3, 0.4) is 0 Å². The fourth-order valence-electron chi connectivity index (χ4n) is 3.52. The van der Waals surface area contributed by atoms with Crippen LogP contribution in [0.15, 0.2) is 65.4 Å². The predicted molar refractivity (Wildman–Crippen MR) is 87.5 cm³/mol. The van der Waals surface area contributed by atoms with Gasteiger partial charge in [-0.1, -0.05) is 36.4 Å². The molecular formula is C19H18N2O2. The molecule has 0 aromatic heterocycles. The van der Waals surface area contributed by atoms with E-state index in [4.69, 9.17) is 0 Å². The third-order valence-electron chi connectivity index (χ3n) is 4.70. The third-order valence-corrected chi connectivity index (χ3v) is 4.70. The Kier molecular flexibility index (Phi) is 3.37. The molecule has 2 amide bonds. The molecule has 0 spiro atoms. The van der Waals surface area contributed by atoms with Gasteiger partial charge in [0.05, 0.1) is 6.54 Å². The molecule has 4 heteroatoms. The number of amides is 2. The number of rotatable bonds is 1. The second kappa shape index (κ2) is 5.54. The lowest BCUT2D eigenvalue weighted by atomic mass is 9.89. The van der Waals surface area contributed by atoms with Crippen LogP contribution in [-0.4, -0.2) is 41.2 Å². The summed E-state index contributed by atoms with van der Waals surface area (Å²) in [4.78, 5) is 28.7. The van der Waals surface area contributed by atoms with E-state index in [-0.39, 0.29) is 18.4 Å². The van der Waals surface area contributed by atoms with Gasteiger partial charge in [0.2, 0.25) is 5.91 Å². The van der Waals surface area contributed by atoms with E-state index in [1.54, 1.807) is 17.0 Å². The first-order valence-corrected chi connectivity index (χ1v) is 7.97. The molecule has 0 radical (unpaired) electrons. The Morgan fingerprint density at radius 2 is 1.91 bits per heavy atom. The van der Waals surface area contributed by atoms with E-state index in [0.29, 0.717) is 12.1 Å². The van der Waals surface area contributed by atoms with Crippen LogP contribution in [0.25, 0.3) is 0 Å². The first-order chi connectivity index (χ1) is 11.2. The monoisotopic (exact) mass is 306 g/mol. The average molecular weight is 306 g/mol. The minimum atomic E-state index is -0.0749. The lowest BCUT2D eigenvalue weighted by Crippen LogP contribution is -2.52. The number of carbonyl (C=O) groups is 2. The van der Waals surface area contributed by atoms with Crippen LogP contribution in [0.2, 0.25) is 0 Å². The van der Waals surface area contributed by atoms with Crippen molar-refractivity contribution in [2.45, 2.75) is 12.8 Å². The number of allylic oxidation sites excluding steroid dienone is 4.